The summed E-state index contributed by atoms with van der Waals surface area (Å²) < 4.78 is 17.1. The molecule has 0 spiro atoms. The molecule has 3 aromatic rings. The van der Waals surface area contributed by atoms with E-state index in [1.165, 1.54) is 22.9 Å². The van der Waals surface area contributed by atoms with Gasteiger partial charge in [-0.25, -0.2) is 18.4 Å². The van der Waals surface area contributed by atoms with Crippen LogP contribution in [0.4, 0.5) is 4.39 Å². The highest BCUT2D eigenvalue weighted by Gasteiger charge is 2.31. The minimum absolute atomic E-state index is 0.0937. The maximum atomic E-state index is 14.2. The molecule has 1 aliphatic rings. The summed E-state index contributed by atoms with van der Waals surface area (Å²) in [5.74, 6) is -0.626. The lowest BCUT2D eigenvalue weighted by Crippen LogP contribution is -2.40. The van der Waals surface area contributed by atoms with Gasteiger partial charge in [-0.1, -0.05) is 35.9 Å². The summed E-state index contributed by atoms with van der Waals surface area (Å²) in [6.45, 7) is 0.842. The number of piperidine rings is 1. The number of amides is 1. The zero-order valence-corrected chi connectivity index (χ0v) is 16.6. The Labute approximate surface area is 172 Å². The molecular weight excluding hydrogens is 395 g/mol. The molecule has 0 saturated carbocycles. The average molecular weight is 415 g/mol. The van der Waals surface area contributed by atoms with Gasteiger partial charge in [-0.2, -0.15) is 5.10 Å². The van der Waals surface area contributed by atoms with Crippen LogP contribution in [0.2, 0.25) is 5.02 Å². The maximum Gasteiger partial charge on any atom is 0.350 e. The van der Waals surface area contributed by atoms with Crippen LogP contribution in [-0.2, 0) is 7.05 Å². The Hall–Kier alpha value is -2.93. The highest BCUT2D eigenvalue weighted by molar-refractivity contribution is 6.33. The van der Waals surface area contributed by atoms with E-state index in [0.717, 1.165) is 18.5 Å². The summed E-state index contributed by atoms with van der Waals surface area (Å²) >= 11 is 6.08. The molecule has 1 amide bonds. The Bertz CT molecular complexity index is 1090. The Morgan fingerprint density at radius 3 is 2.66 bits per heavy atom. The van der Waals surface area contributed by atoms with Gasteiger partial charge in [-0.3, -0.25) is 4.79 Å². The second-order valence-electron chi connectivity index (χ2n) is 7.12. The van der Waals surface area contributed by atoms with Gasteiger partial charge in [0.15, 0.2) is 0 Å². The summed E-state index contributed by atoms with van der Waals surface area (Å²) in [5, 5.41) is 4.53. The molecule has 1 saturated heterocycles. The van der Waals surface area contributed by atoms with Crippen LogP contribution in [0.1, 0.15) is 34.9 Å². The van der Waals surface area contributed by atoms with Crippen LogP contribution in [0.25, 0.3) is 5.69 Å². The second-order valence-corrected chi connectivity index (χ2v) is 7.53. The van der Waals surface area contributed by atoms with Crippen LogP contribution < -0.4 is 5.69 Å². The molecule has 0 bridgehead atoms. The first-order valence-electron chi connectivity index (χ1n) is 9.42. The Kier molecular flexibility index (Phi) is 5.24. The molecule has 1 unspecified atom stereocenters. The number of hydrogen-bond donors (Lipinski definition) is 0. The van der Waals surface area contributed by atoms with E-state index in [0.29, 0.717) is 18.9 Å². The third-order valence-corrected chi connectivity index (χ3v) is 5.53. The summed E-state index contributed by atoms with van der Waals surface area (Å²) in [6.07, 6.45) is 1.50. The zero-order valence-electron chi connectivity index (χ0n) is 15.9. The third kappa shape index (κ3) is 3.58. The molecule has 1 fully saturated rings. The normalized spacial score (nSPS) is 16.8. The first-order valence-corrected chi connectivity index (χ1v) is 9.80. The van der Waals surface area contributed by atoms with Crippen LogP contribution >= 0.6 is 11.6 Å². The van der Waals surface area contributed by atoms with Gasteiger partial charge >= 0.3 is 5.69 Å². The number of nitrogens with zero attached hydrogens (tertiary/aromatic N) is 4. The monoisotopic (exact) mass is 414 g/mol. The number of likely N-dealkylation sites (tertiary alicyclic amines) is 1. The van der Waals surface area contributed by atoms with Crippen molar-refractivity contribution >= 4 is 17.5 Å². The lowest BCUT2D eigenvalue weighted by molar-refractivity contribution is 0.0699. The molecule has 6 nitrogen and oxygen atoms in total. The molecule has 0 radical (unpaired) electrons. The van der Waals surface area contributed by atoms with E-state index in [9.17, 15) is 14.0 Å². The van der Waals surface area contributed by atoms with Crippen LogP contribution in [-0.4, -0.2) is 38.2 Å². The average Bonchev–Trinajstić information content (AvgIpc) is 3.03. The van der Waals surface area contributed by atoms with Crippen LogP contribution in [0.15, 0.2) is 53.3 Å². The Morgan fingerprint density at radius 1 is 1.17 bits per heavy atom. The standard InChI is InChI=1S/C21H20ClFN4O2/c1-25-21(29)27(15-8-3-2-4-9-15)19(24-25)14-7-6-12-26(13-14)20(28)18-16(22)10-5-11-17(18)23/h2-5,8-11,14H,6-7,12-13H2,1H3. The fourth-order valence-electron chi connectivity index (χ4n) is 3.80. The summed E-state index contributed by atoms with van der Waals surface area (Å²) in [7, 11) is 1.61. The van der Waals surface area contributed by atoms with E-state index < -0.39 is 11.7 Å². The molecule has 0 N–H and O–H groups in total. The maximum absolute atomic E-state index is 14.2. The highest BCUT2D eigenvalue weighted by atomic mass is 35.5. The molecule has 2 aromatic carbocycles. The molecule has 1 atom stereocenters. The summed E-state index contributed by atoms with van der Waals surface area (Å²) in [6, 6.07) is 13.5. The molecule has 150 valence electrons. The number of carbonyl (C=O) groups excluding carboxylic acids is 1. The molecule has 2 heterocycles. The number of benzene rings is 2. The van der Waals surface area contributed by atoms with Gasteiger partial charge in [0.05, 0.1) is 16.3 Å². The minimum Gasteiger partial charge on any atom is -0.338 e. The fraction of sp³-hybridized carbons (Fsp3) is 0.286. The van der Waals surface area contributed by atoms with Crippen molar-refractivity contribution < 1.29 is 9.18 Å². The number of aryl methyl sites for hydroxylation is 1. The van der Waals surface area contributed by atoms with E-state index >= 15 is 0 Å². The first kappa shape index (κ1) is 19.4. The molecular formula is C21H20ClFN4O2. The third-order valence-electron chi connectivity index (χ3n) is 5.21. The second kappa shape index (κ2) is 7.83. The van der Waals surface area contributed by atoms with E-state index in [4.69, 9.17) is 11.6 Å². The van der Waals surface area contributed by atoms with Gasteiger partial charge in [-0.15, -0.1) is 0 Å². The predicted octanol–water partition coefficient (Wildman–Crippen LogP) is 3.38. The minimum atomic E-state index is -0.636. The van der Waals surface area contributed by atoms with Crippen molar-refractivity contribution in [2.24, 2.45) is 7.05 Å². The SMILES string of the molecule is Cn1nc(C2CCCN(C(=O)c3c(F)cccc3Cl)C2)n(-c2ccccc2)c1=O. The predicted molar refractivity (Wildman–Crippen MR) is 108 cm³/mol. The van der Waals surface area contributed by atoms with Crippen LogP contribution in [0.5, 0.6) is 0 Å². The van der Waals surface area contributed by atoms with E-state index in [2.05, 4.69) is 5.10 Å². The molecule has 1 aromatic heterocycles. The van der Waals surface area contributed by atoms with Crippen molar-refractivity contribution in [2.75, 3.05) is 13.1 Å². The number of rotatable bonds is 3. The van der Waals surface area contributed by atoms with E-state index in [1.807, 2.05) is 30.3 Å². The Balaban J connectivity index is 1.67. The van der Waals surface area contributed by atoms with Crippen molar-refractivity contribution in [3.63, 3.8) is 0 Å². The fourth-order valence-corrected chi connectivity index (χ4v) is 4.04. The van der Waals surface area contributed by atoms with E-state index in [-0.39, 0.29) is 22.2 Å². The van der Waals surface area contributed by atoms with Crippen molar-refractivity contribution in [3.05, 3.63) is 81.2 Å². The van der Waals surface area contributed by atoms with Crippen molar-refractivity contribution in [3.8, 4) is 5.69 Å². The van der Waals surface area contributed by atoms with E-state index in [1.54, 1.807) is 16.5 Å². The molecule has 8 heteroatoms. The van der Waals surface area contributed by atoms with Crippen molar-refractivity contribution in [1.82, 2.24) is 19.2 Å². The smallest absolute Gasteiger partial charge is 0.338 e. The summed E-state index contributed by atoms with van der Waals surface area (Å²) in [4.78, 5) is 27.2. The topological polar surface area (TPSA) is 60.1 Å². The number of para-hydroxylation sites is 1. The lowest BCUT2D eigenvalue weighted by atomic mass is 9.96. The van der Waals surface area contributed by atoms with Crippen molar-refractivity contribution in [1.29, 1.82) is 0 Å². The summed E-state index contributed by atoms with van der Waals surface area (Å²) in [5.41, 5.74) is 0.365. The van der Waals surface area contributed by atoms with Gasteiger partial charge in [0.1, 0.15) is 11.6 Å². The number of hydrogen-bond acceptors (Lipinski definition) is 3. The van der Waals surface area contributed by atoms with Gasteiger partial charge in [-0.05, 0) is 37.1 Å². The quantitative estimate of drug-likeness (QED) is 0.660. The number of aromatic nitrogens is 3. The molecule has 29 heavy (non-hydrogen) atoms. The van der Waals surface area contributed by atoms with Gasteiger partial charge in [0.2, 0.25) is 0 Å². The number of carbonyl (C=O) groups is 1. The van der Waals surface area contributed by atoms with Crippen LogP contribution in [0, 0.1) is 5.82 Å². The molecule has 1 aliphatic heterocycles. The lowest BCUT2D eigenvalue weighted by Gasteiger charge is -2.32. The van der Waals surface area contributed by atoms with Crippen LogP contribution in [0.3, 0.4) is 0 Å². The van der Waals surface area contributed by atoms with Crippen molar-refractivity contribution in [2.45, 2.75) is 18.8 Å². The van der Waals surface area contributed by atoms with Gasteiger partial charge in [0.25, 0.3) is 5.91 Å². The first-order chi connectivity index (χ1) is 14.0. The number of halogens is 2. The highest BCUT2D eigenvalue weighted by Crippen LogP contribution is 2.29. The largest absolute Gasteiger partial charge is 0.350 e. The van der Waals surface area contributed by atoms with Gasteiger partial charge < -0.3 is 4.90 Å². The molecule has 0 aliphatic carbocycles. The van der Waals surface area contributed by atoms with Gasteiger partial charge in [0, 0.05) is 26.1 Å². The Morgan fingerprint density at radius 2 is 1.93 bits per heavy atom. The molecule has 4 rings (SSSR count). The zero-order chi connectivity index (χ0) is 20.5.